The fourth-order valence-corrected chi connectivity index (χ4v) is 8.49. The summed E-state index contributed by atoms with van der Waals surface area (Å²) in [5.41, 5.74) is 0.637. The Hall–Kier alpha value is -0.860. The van der Waals surface area contributed by atoms with E-state index >= 15 is 0 Å². The Morgan fingerprint density at radius 2 is 1.81 bits per heavy atom. The van der Waals surface area contributed by atoms with E-state index in [1.807, 2.05) is 0 Å². The van der Waals surface area contributed by atoms with Gasteiger partial charge in [-0.25, -0.2) is 0 Å². The second kappa shape index (κ2) is 6.88. The van der Waals surface area contributed by atoms with Crippen LogP contribution in [0.2, 0.25) is 0 Å². The summed E-state index contributed by atoms with van der Waals surface area (Å²) in [6, 6.07) is 0. The largest absolute Gasteiger partial charge is 0.481 e. The maximum Gasteiger partial charge on any atom is 0.303 e. The third kappa shape index (κ3) is 2.99. The van der Waals surface area contributed by atoms with E-state index in [9.17, 15) is 9.59 Å². The van der Waals surface area contributed by atoms with Gasteiger partial charge in [-0.2, -0.15) is 0 Å². The summed E-state index contributed by atoms with van der Waals surface area (Å²) >= 11 is 0. The lowest BCUT2D eigenvalue weighted by atomic mass is 9.44. The van der Waals surface area contributed by atoms with Crippen molar-refractivity contribution in [3.8, 4) is 0 Å². The van der Waals surface area contributed by atoms with E-state index in [1.165, 1.54) is 51.4 Å². The Labute approximate surface area is 164 Å². The number of fused-ring (bicyclic) bond motifs is 5. The number of Topliss-reactive ketones (excluding diaryl/α,β-unsaturated/α-hetero) is 1. The van der Waals surface area contributed by atoms with Crippen LogP contribution in [0.1, 0.15) is 91.4 Å². The first kappa shape index (κ1) is 19.5. The summed E-state index contributed by atoms with van der Waals surface area (Å²) in [4.78, 5) is 24.4. The minimum Gasteiger partial charge on any atom is -0.481 e. The second-order valence-electron chi connectivity index (χ2n) is 11.0. The summed E-state index contributed by atoms with van der Waals surface area (Å²) in [5.74, 6) is 3.02. The van der Waals surface area contributed by atoms with Crippen molar-refractivity contribution in [2.24, 2.45) is 46.3 Å². The van der Waals surface area contributed by atoms with Crippen molar-refractivity contribution >= 4 is 11.8 Å². The standard InChI is InChI=1S/C24H38O3/c1-15(7-10-21(26)27)17-8-9-18-22-19(11-13-24(17,18)3)23(2)12-5-4-6-16(23)14-20(22)25/h15-19,22H,4-14H2,1-3H3,(H,26,27)/t15-,16+,17?,18?,19?,22?,23?,24?/m1/s1. The molecule has 0 spiro atoms. The first-order chi connectivity index (χ1) is 12.8. The number of hydrogen-bond acceptors (Lipinski definition) is 2. The van der Waals surface area contributed by atoms with Gasteiger partial charge in [-0.15, -0.1) is 0 Å². The molecule has 152 valence electrons. The lowest BCUT2D eigenvalue weighted by Crippen LogP contribution is -2.56. The lowest BCUT2D eigenvalue weighted by molar-refractivity contribution is -0.156. The van der Waals surface area contributed by atoms with Crippen LogP contribution in [-0.2, 0) is 9.59 Å². The number of carbonyl (C=O) groups excluding carboxylic acids is 1. The molecule has 0 amide bonds. The number of aliphatic carboxylic acids is 1. The molecular weight excluding hydrogens is 336 g/mol. The molecule has 1 N–H and O–H groups in total. The zero-order valence-corrected chi connectivity index (χ0v) is 17.5. The summed E-state index contributed by atoms with van der Waals surface area (Å²) in [5, 5.41) is 9.08. The van der Waals surface area contributed by atoms with Crippen molar-refractivity contribution in [3.63, 3.8) is 0 Å². The van der Waals surface area contributed by atoms with Crippen LogP contribution in [0.4, 0.5) is 0 Å². The number of carbonyl (C=O) groups is 2. The highest BCUT2D eigenvalue weighted by molar-refractivity contribution is 5.83. The predicted octanol–water partition coefficient (Wildman–Crippen LogP) is 5.72. The number of carboxylic acids is 1. The Bertz CT molecular complexity index is 613. The number of hydrogen-bond donors (Lipinski definition) is 1. The molecule has 0 bridgehead atoms. The highest BCUT2D eigenvalue weighted by Crippen LogP contribution is 2.67. The Kier molecular flexibility index (Phi) is 4.96. The van der Waals surface area contributed by atoms with Crippen molar-refractivity contribution in [2.75, 3.05) is 0 Å². The quantitative estimate of drug-likeness (QED) is 0.685. The summed E-state index contributed by atoms with van der Waals surface area (Å²) in [6.45, 7) is 7.23. The molecule has 0 aromatic heterocycles. The molecule has 4 saturated carbocycles. The van der Waals surface area contributed by atoms with Crippen LogP contribution in [0, 0.1) is 46.3 Å². The zero-order chi connectivity index (χ0) is 19.4. The molecule has 3 nitrogen and oxygen atoms in total. The molecule has 0 saturated heterocycles. The molecule has 0 radical (unpaired) electrons. The van der Waals surface area contributed by atoms with Gasteiger partial charge in [0.1, 0.15) is 5.78 Å². The SMILES string of the molecule is C[C@H](CCC(=O)O)C1CCC2C3C(=O)C[C@@H]4CCCCC4(C)C3CCC21C. The average molecular weight is 375 g/mol. The third-order valence-electron chi connectivity index (χ3n) is 9.96. The molecular formula is C24H38O3. The van der Waals surface area contributed by atoms with Crippen molar-refractivity contribution in [1.82, 2.24) is 0 Å². The number of rotatable bonds is 4. The number of ketones is 1. The van der Waals surface area contributed by atoms with Crippen molar-refractivity contribution in [2.45, 2.75) is 91.4 Å². The normalized spacial score (nSPS) is 47.7. The van der Waals surface area contributed by atoms with E-state index < -0.39 is 5.97 Å². The van der Waals surface area contributed by atoms with Gasteiger partial charge in [-0.1, -0.05) is 33.6 Å². The van der Waals surface area contributed by atoms with Crippen LogP contribution >= 0.6 is 0 Å². The predicted molar refractivity (Wildman–Crippen MR) is 106 cm³/mol. The molecule has 3 heteroatoms. The molecule has 0 aliphatic heterocycles. The highest BCUT2D eigenvalue weighted by atomic mass is 16.4. The lowest BCUT2D eigenvalue weighted by Gasteiger charge is -2.60. The van der Waals surface area contributed by atoms with Crippen LogP contribution in [-0.4, -0.2) is 16.9 Å². The van der Waals surface area contributed by atoms with Gasteiger partial charge in [0.05, 0.1) is 0 Å². The minimum atomic E-state index is -0.677. The van der Waals surface area contributed by atoms with E-state index in [2.05, 4.69) is 20.8 Å². The van der Waals surface area contributed by atoms with Crippen molar-refractivity contribution < 1.29 is 14.7 Å². The molecule has 0 aromatic rings. The molecule has 4 fully saturated rings. The minimum absolute atomic E-state index is 0.243. The van der Waals surface area contributed by atoms with Crippen LogP contribution in [0.25, 0.3) is 0 Å². The van der Waals surface area contributed by atoms with Crippen LogP contribution in [0.3, 0.4) is 0 Å². The molecule has 27 heavy (non-hydrogen) atoms. The maximum absolute atomic E-state index is 13.3. The van der Waals surface area contributed by atoms with Gasteiger partial charge in [0.2, 0.25) is 0 Å². The van der Waals surface area contributed by atoms with Gasteiger partial charge in [0.15, 0.2) is 0 Å². The summed E-state index contributed by atoms with van der Waals surface area (Å²) < 4.78 is 0. The molecule has 4 aliphatic carbocycles. The van der Waals surface area contributed by atoms with E-state index in [1.54, 1.807) is 0 Å². The van der Waals surface area contributed by atoms with Crippen LogP contribution in [0.5, 0.6) is 0 Å². The van der Waals surface area contributed by atoms with E-state index in [-0.39, 0.29) is 11.8 Å². The van der Waals surface area contributed by atoms with Crippen LogP contribution < -0.4 is 0 Å². The van der Waals surface area contributed by atoms with Gasteiger partial charge < -0.3 is 5.11 Å². The smallest absolute Gasteiger partial charge is 0.303 e. The third-order valence-corrected chi connectivity index (χ3v) is 9.96. The highest BCUT2D eigenvalue weighted by Gasteiger charge is 2.62. The van der Waals surface area contributed by atoms with Crippen LogP contribution in [0.15, 0.2) is 0 Å². The fourth-order valence-electron chi connectivity index (χ4n) is 8.49. The van der Waals surface area contributed by atoms with E-state index in [0.717, 1.165) is 12.8 Å². The van der Waals surface area contributed by atoms with Gasteiger partial charge in [0, 0.05) is 18.8 Å². The Morgan fingerprint density at radius 1 is 1.07 bits per heavy atom. The molecule has 6 unspecified atom stereocenters. The van der Waals surface area contributed by atoms with Crippen molar-refractivity contribution in [3.05, 3.63) is 0 Å². The first-order valence-corrected chi connectivity index (χ1v) is 11.5. The van der Waals surface area contributed by atoms with E-state index in [4.69, 9.17) is 5.11 Å². The molecule has 8 atom stereocenters. The van der Waals surface area contributed by atoms with Crippen molar-refractivity contribution in [1.29, 1.82) is 0 Å². The first-order valence-electron chi connectivity index (χ1n) is 11.5. The monoisotopic (exact) mass is 374 g/mol. The maximum atomic E-state index is 13.3. The zero-order valence-electron chi connectivity index (χ0n) is 17.5. The summed E-state index contributed by atoms with van der Waals surface area (Å²) in [7, 11) is 0. The average Bonchev–Trinajstić information content (AvgIpc) is 2.97. The molecule has 4 rings (SSSR count). The Morgan fingerprint density at radius 3 is 2.56 bits per heavy atom. The number of carboxylic acid groups (broad SMARTS) is 1. The topological polar surface area (TPSA) is 54.4 Å². The molecule has 0 aromatic carbocycles. The van der Waals surface area contributed by atoms with E-state index in [0.29, 0.717) is 46.7 Å². The fraction of sp³-hybridized carbons (Fsp3) is 0.917. The van der Waals surface area contributed by atoms with Gasteiger partial charge in [-0.05, 0) is 85.4 Å². The van der Waals surface area contributed by atoms with Gasteiger partial charge in [-0.3, -0.25) is 9.59 Å². The molecule has 4 aliphatic rings. The Balaban J connectivity index is 1.57. The summed E-state index contributed by atoms with van der Waals surface area (Å²) in [6.07, 6.45) is 12.0. The molecule has 0 heterocycles. The van der Waals surface area contributed by atoms with Gasteiger partial charge in [0.25, 0.3) is 0 Å². The second-order valence-corrected chi connectivity index (χ2v) is 11.0. The van der Waals surface area contributed by atoms with Gasteiger partial charge >= 0.3 is 5.97 Å².